The van der Waals surface area contributed by atoms with Crippen LogP contribution in [0.5, 0.6) is 11.5 Å². The first kappa shape index (κ1) is 16.3. The van der Waals surface area contributed by atoms with Gasteiger partial charge < -0.3 is 15.2 Å². The second-order valence-corrected chi connectivity index (χ2v) is 6.65. The van der Waals surface area contributed by atoms with Crippen molar-refractivity contribution in [2.24, 2.45) is 5.73 Å². The summed E-state index contributed by atoms with van der Waals surface area (Å²) in [5, 5.41) is 4.22. The lowest BCUT2D eigenvalue weighted by molar-refractivity contribution is 0.295. The van der Waals surface area contributed by atoms with Crippen LogP contribution in [0.4, 0.5) is 0 Å². The van der Waals surface area contributed by atoms with E-state index in [1.54, 1.807) is 18.4 Å². The van der Waals surface area contributed by atoms with E-state index in [9.17, 15) is 0 Å². The summed E-state index contributed by atoms with van der Waals surface area (Å²) in [4.78, 5) is 0. The van der Waals surface area contributed by atoms with Crippen molar-refractivity contribution in [2.45, 2.75) is 25.8 Å². The van der Waals surface area contributed by atoms with Gasteiger partial charge in [0.15, 0.2) is 11.5 Å². The molecule has 5 heteroatoms. The summed E-state index contributed by atoms with van der Waals surface area (Å²) < 4.78 is 12.2. The number of thiophene rings is 1. The van der Waals surface area contributed by atoms with Gasteiger partial charge in [0, 0.05) is 12.5 Å². The molecule has 0 amide bonds. The number of nitrogens with two attached hydrogens (primary N) is 1. The molecule has 1 unspecified atom stereocenters. The highest BCUT2D eigenvalue weighted by atomic mass is 79.9. The van der Waals surface area contributed by atoms with Crippen molar-refractivity contribution in [3.05, 3.63) is 44.6 Å². The highest BCUT2D eigenvalue weighted by Crippen LogP contribution is 2.37. The lowest BCUT2D eigenvalue weighted by atomic mass is 10.1. The Hall–Kier alpha value is -1.04. The SMILES string of the molecule is COc1cc(CC(C)N)cc(Br)c1OCCc1ccsc1. The molecule has 0 aliphatic carbocycles. The molecule has 0 bridgehead atoms. The third-order valence-corrected chi connectivity index (χ3v) is 4.39. The molecule has 0 fully saturated rings. The largest absolute Gasteiger partial charge is 0.493 e. The van der Waals surface area contributed by atoms with Crippen LogP contribution in [0, 0.1) is 0 Å². The van der Waals surface area contributed by atoms with Gasteiger partial charge in [-0.1, -0.05) is 0 Å². The van der Waals surface area contributed by atoms with Gasteiger partial charge >= 0.3 is 0 Å². The minimum Gasteiger partial charge on any atom is -0.493 e. The Bertz CT molecular complexity index is 570. The van der Waals surface area contributed by atoms with Crippen molar-refractivity contribution >= 4 is 27.3 Å². The summed E-state index contributed by atoms with van der Waals surface area (Å²) in [6, 6.07) is 6.28. The summed E-state index contributed by atoms with van der Waals surface area (Å²) in [5.41, 5.74) is 8.29. The van der Waals surface area contributed by atoms with Crippen LogP contribution in [0.3, 0.4) is 0 Å². The molecule has 114 valence electrons. The van der Waals surface area contributed by atoms with Gasteiger partial charge in [-0.2, -0.15) is 11.3 Å². The first-order valence-electron chi connectivity index (χ1n) is 6.86. The maximum atomic E-state index is 5.89. The van der Waals surface area contributed by atoms with E-state index in [0.29, 0.717) is 6.61 Å². The predicted molar refractivity (Wildman–Crippen MR) is 91.6 cm³/mol. The van der Waals surface area contributed by atoms with Crippen LogP contribution in [0.25, 0.3) is 0 Å². The number of benzene rings is 1. The van der Waals surface area contributed by atoms with E-state index in [2.05, 4.69) is 32.8 Å². The van der Waals surface area contributed by atoms with E-state index in [-0.39, 0.29) is 6.04 Å². The lowest BCUT2D eigenvalue weighted by Crippen LogP contribution is -2.17. The fourth-order valence-corrected chi connectivity index (χ4v) is 3.42. The second-order valence-electron chi connectivity index (χ2n) is 5.02. The van der Waals surface area contributed by atoms with Crippen LogP contribution < -0.4 is 15.2 Å². The summed E-state index contributed by atoms with van der Waals surface area (Å²) in [6.07, 6.45) is 1.70. The van der Waals surface area contributed by atoms with Crippen molar-refractivity contribution in [2.75, 3.05) is 13.7 Å². The first-order valence-corrected chi connectivity index (χ1v) is 8.59. The van der Waals surface area contributed by atoms with Crippen LogP contribution in [0.1, 0.15) is 18.1 Å². The Morgan fingerprint density at radius 2 is 2.14 bits per heavy atom. The minimum absolute atomic E-state index is 0.118. The zero-order chi connectivity index (χ0) is 15.2. The molecule has 21 heavy (non-hydrogen) atoms. The third kappa shape index (κ3) is 4.73. The standard InChI is InChI=1S/C16H20BrNO2S/c1-11(18)7-13-8-14(17)16(15(9-13)19-2)20-5-3-12-4-6-21-10-12/h4,6,8-11H,3,5,7,18H2,1-2H3. The Morgan fingerprint density at radius 3 is 2.76 bits per heavy atom. The van der Waals surface area contributed by atoms with E-state index < -0.39 is 0 Å². The monoisotopic (exact) mass is 369 g/mol. The van der Waals surface area contributed by atoms with Crippen molar-refractivity contribution in [3.63, 3.8) is 0 Å². The molecular weight excluding hydrogens is 350 g/mol. The van der Waals surface area contributed by atoms with Gasteiger partial charge in [0.25, 0.3) is 0 Å². The molecule has 1 heterocycles. The molecule has 2 aromatic rings. The first-order chi connectivity index (χ1) is 10.1. The summed E-state index contributed by atoms with van der Waals surface area (Å²) in [7, 11) is 1.66. The Kier molecular flexibility index (Phi) is 6.08. The van der Waals surface area contributed by atoms with E-state index in [4.69, 9.17) is 15.2 Å². The van der Waals surface area contributed by atoms with Crippen molar-refractivity contribution in [3.8, 4) is 11.5 Å². The normalized spacial score (nSPS) is 12.2. The molecule has 3 nitrogen and oxygen atoms in total. The van der Waals surface area contributed by atoms with Crippen LogP contribution >= 0.6 is 27.3 Å². The zero-order valence-corrected chi connectivity index (χ0v) is 14.7. The smallest absolute Gasteiger partial charge is 0.175 e. The van der Waals surface area contributed by atoms with Crippen molar-refractivity contribution in [1.29, 1.82) is 0 Å². The van der Waals surface area contributed by atoms with Gasteiger partial charge in [0.2, 0.25) is 0 Å². The van der Waals surface area contributed by atoms with Gasteiger partial charge in [-0.15, -0.1) is 0 Å². The van der Waals surface area contributed by atoms with Gasteiger partial charge in [-0.3, -0.25) is 0 Å². The Morgan fingerprint density at radius 1 is 1.33 bits per heavy atom. The molecule has 2 rings (SSSR count). The predicted octanol–water partition coefficient (Wildman–Crippen LogP) is 4.03. The van der Waals surface area contributed by atoms with Gasteiger partial charge in [0.1, 0.15) is 0 Å². The zero-order valence-electron chi connectivity index (χ0n) is 12.3. The number of hydrogen-bond acceptors (Lipinski definition) is 4. The number of hydrogen-bond donors (Lipinski definition) is 1. The molecule has 1 aromatic heterocycles. The van der Waals surface area contributed by atoms with Gasteiger partial charge in [-0.25, -0.2) is 0 Å². The molecule has 0 aliphatic rings. The van der Waals surface area contributed by atoms with E-state index in [1.165, 1.54) is 5.56 Å². The molecule has 0 spiro atoms. The van der Waals surface area contributed by atoms with Crippen molar-refractivity contribution in [1.82, 2.24) is 0 Å². The third-order valence-electron chi connectivity index (χ3n) is 3.06. The van der Waals surface area contributed by atoms with Crippen LogP contribution in [-0.2, 0) is 12.8 Å². The van der Waals surface area contributed by atoms with Crippen LogP contribution in [0.2, 0.25) is 0 Å². The number of halogens is 1. The van der Waals surface area contributed by atoms with Gasteiger partial charge in [0.05, 0.1) is 18.2 Å². The maximum Gasteiger partial charge on any atom is 0.175 e. The topological polar surface area (TPSA) is 44.5 Å². The maximum absolute atomic E-state index is 5.89. The molecule has 2 N–H and O–H groups in total. The molecule has 0 saturated carbocycles. The average Bonchev–Trinajstić information content (AvgIpc) is 2.93. The number of methoxy groups -OCH3 is 1. The summed E-state index contributed by atoms with van der Waals surface area (Å²) in [6.45, 7) is 2.62. The fourth-order valence-electron chi connectivity index (χ4n) is 2.11. The van der Waals surface area contributed by atoms with E-state index in [0.717, 1.165) is 34.4 Å². The highest BCUT2D eigenvalue weighted by molar-refractivity contribution is 9.10. The van der Waals surface area contributed by atoms with Crippen LogP contribution in [0.15, 0.2) is 33.4 Å². The number of ether oxygens (including phenoxy) is 2. The average molecular weight is 370 g/mol. The molecule has 0 saturated heterocycles. The Balaban J connectivity index is 2.07. The molecule has 1 atom stereocenters. The molecule has 0 aliphatic heterocycles. The number of rotatable bonds is 7. The van der Waals surface area contributed by atoms with E-state index >= 15 is 0 Å². The lowest BCUT2D eigenvalue weighted by Gasteiger charge is -2.15. The van der Waals surface area contributed by atoms with Crippen LogP contribution in [-0.4, -0.2) is 19.8 Å². The highest BCUT2D eigenvalue weighted by Gasteiger charge is 2.12. The second kappa shape index (κ2) is 7.82. The minimum atomic E-state index is 0.118. The molecule has 0 radical (unpaired) electrons. The Labute approximate surface area is 138 Å². The summed E-state index contributed by atoms with van der Waals surface area (Å²) >= 11 is 5.27. The van der Waals surface area contributed by atoms with Gasteiger partial charge in [-0.05, 0) is 69.4 Å². The quantitative estimate of drug-likeness (QED) is 0.800. The molecular formula is C16H20BrNO2S. The molecule has 1 aromatic carbocycles. The van der Waals surface area contributed by atoms with Crippen molar-refractivity contribution < 1.29 is 9.47 Å². The summed E-state index contributed by atoms with van der Waals surface area (Å²) in [5.74, 6) is 1.49. The van der Waals surface area contributed by atoms with E-state index in [1.807, 2.05) is 19.1 Å². The fraction of sp³-hybridized carbons (Fsp3) is 0.375.